The number of hydrogen-bond acceptors (Lipinski definition) is 3. The standard InChI is InChI=1S/C17H25NO3Si/c1-17(2,3)21-16(20)18-12-14-8-7-13(11-15(14)19)9-10-22(4,5)6/h7-8,11,19H,12H2,1-6H3,(H,18,20). The molecule has 0 bridgehead atoms. The summed E-state index contributed by atoms with van der Waals surface area (Å²) >= 11 is 0. The fourth-order valence-electron chi connectivity index (χ4n) is 1.53. The molecular formula is C17H25NO3Si. The first-order chi connectivity index (χ1) is 9.96. The molecule has 5 heteroatoms. The van der Waals surface area contributed by atoms with Crippen LogP contribution in [0.25, 0.3) is 0 Å². The first-order valence-electron chi connectivity index (χ1n) is 7.28. The van der Waals surface area contributed by atoms with Gasteiger partial charge in [0.05, 0.1) is 0 Å². The number of hydrogen-bond donors (Lipinski definition) is 2. The van der Waals surface area contributed by atoms with Gasteiger partial charge in [0, 0.05) is 17.7 Å². The Bertz CT molecular complexity index is 601. The van der Waals surface area contributed by atoms with Crippen LogP contribution < -0.4 is 5.32 Å². The summed E-state index contributed by atoms with van der Waals surface area (Å²) in [4.78, 5) is 11.6. The van der Waals surface area contributed by atoms with E-state index in [0.29, 0.717) is 5.56 Å². The van der Waals surface area contributed by atoms with Gasteiger partial charge in [-0.2, -0.15) is 0 Å². The zero-order valence-corrected chi connectivity index (χ0v) is 15.2. The first-order valence-corrected chi connectivity index (χ1v) is 10.8. The molecule has 0 spiro atoms. The molecule has 0 saturated heterocycles. The van der Waals surface area contributed by atoms with Crippen LogP contribution in [0.4, 0.5) is 4.79 Å². The van der Waals surface area contributed by atoms with Gasteiger partial charge in [0.15, 0.2) is 0 Å². The van der Waals surface area contributed by atoms with Crippen LogP contribution in [0.15, 0.2) is 18.2 Å². The molecule has 0 heterocycles. The van der Waals surface area contributed by atoms with Crippen molar-refractivity contribution in [2.24, 2.45) is 0 Å². The number of carbonyl (C=O) groups excluding carboxylic acids is 1. The predicted octanol–water partition coefficient (Wildman–Crippen LogP) is 3.65. The molecule has 1 aromatic carbocycles. The summed E-state index contributed by atoms with van der Waals surface area (Å²) in [5.74, 6) is 3.21. The SMILES string of the molecule is CC(C)(C)OC(=O)NCc1ccc(C#C[Si](C)(C)C)cc1O. The fraction of sp³-hybridized carbons (Fsp3) is 0.471. The molecule has 4 nitrogen and oxygen atoms in total. The second kappa shape index (κ2) is 6.88. The second-order valence-electron chi connectivity index (χ2n) is 7.20. The molecule has 0 saturated carbocycles. The molecule has 1 amide bonds. The molecule has 0 aromatic heterocycles. The van der Waals surface area contributed by atoms with Crippen molar-refractivity contribution in [1.29, 1.82) is 0 Å². The fourth-order valence-corrected chi connectivity index (χ4v) is 2.05. The van der Waals surface area contributed by atoms with Crippen molar-refractivity contribution in [1.82, 2.24) is 5.32 Å². The number of carbonyl (C=O) groups is 1. The van der Waals surface area contributed by atoms with Gasteiger partial charge in [-0.3, -0.25) is 0 Å². The quantitative estimate of drug-likeness (QED) is 0.646. The van der Waals surface area contributed by atoms with E-state index in [1.165, 1.54) is 0 Å². The van der Waals surface area contributed by atoms with Crippen LogP contribution in [0.3, 0.4) is 0 Å². The summed E-state index contributed by atoms with van der Waals surface area (Å²) in [6.07, 6.45) is -0.505. The highest BCUT2D eigenvalue weighted by Gasteiger charge is 2.16. The number of phenolic OH excluding ortho intramolecular Hbond substituents is 1. The summed E-state index contributed by atoms with van der Waals surface area (Å²) in [5.41, 5.74) is 4.12. The highest BCUT2D eigenvalue weighted by molar-refractivity contribution is 6.83. The first kappa shape index (κ1) is 18.1. The van der Waals surface area contributed by atoms with Crippen molar-refractivity contribution in [3.63, 3.8) is 0 Å². The normalized spacial score (nSPS) is 11.4. The van der Waals surface area contributed by atoms with Crippen LogP contribution in [0.5, 0.6) is 5.75 Å². The molecule has 1 rings (SSSR count). The van der Waals surface area contributed by atoms with Gasteiger partial charge in [0.2, 0.25) is 0 Å². The van der Waals surface area contributed by atoms with Gasteiger partial charge in [-0.15, -0.1) is 5.54 Å². The van der Waals surface area contributed by atoms with Gasteiger partial charge in [-0.25, -0.2) is 4.79 Å². The van der Waals surface area contributed by atoms with Crippen molar-refractivity contribution in [3.8, 4) is 17.2 Å². The summed E-state index contributed by atoms with van der Waals surface area (Å²) in [6.45, 7) is 12.1. The van der Waals surface area contributed by atoms with Crippen LogP contribution >= 0.6 is 0 Å². The van der Waals surface area contributed by atoms with Crippen LogP contribution in [0.2, 0.25) is 19.6 Å². The van der Waals surface area contributed by atoms with E-state index in [2.05, 4.69) is 36.4 Å². The second-order valence-corrected chi connectivity index (χ2v) is 11.9. The molecule has 0 radical (unpaired) electrons. The number of rotatable bonds is 2. The Balaban J connectivity index is 2.70. The van der Waals surface area contributed by atoms with Gasteiger partial charge in [-0.05, 0) is 32.9 Å². The van der Waals surface area contributed by atoms with E-state index in [4.69, 9.17) is 4.74 Å². The van der Waals surface area contributed by atoms with Gasteiger partial charge in [0.1, 0.15) is 19.4 Å². The monoisotopic (exact) mass is 319 g/mol. The molecule has 0 aliphatic carbocycles. The summed E-state index contributed by atoms with van der Waals surface area (Å²) in [5, 5.41) is 12.6. The van der Waals surface area contributed by atoms with Crippen LogP contribution in [-0.4, -0.2) is 24.9 Å². The number of aromatic hydroxyl groups is 1. The number of nitrogens with one attached hydrogen (secondary N) is 1. The van der Waals surface area contributed by atoms with Crippen LogP contribution in [0, 0.1) is 11.5 Å². The third-order valence-corrected chi connectivity index (χ3v) is 3.36. The van der Waals surface area contributed by atoms with Crippen molar-refractivity contribution in [2.75, 3.05) is 0 Å². The predicted molar refractivity (Wildman–Crippen MR) is 91.4 cm³/mol. The maximum Gasteiger partial charge on any atom is 0.407 e. The smallest absolute Gasteiger partial charge is 0.407 e. The minimum Gasteiger partial charge on any atom is -0.508 e. The largest absolute Gasteiger partial charge is 0.508 e. The van der Waals surface area contributed by atoms with E-state index in [1.807, 2.05) is 6.07 Å². The summed E-state index contributed by atoms with van der Waals surface area (Å²) in [6, 6.07) is 5.24. The zero-order chi connectivity index (χ0) is 17.0. The minimum absolute atomic E-state index is 0.124. The van der Waals surface area contributed by atoms with Crippen LogP contribution in [-0.2, 0) is 11.3 Å². The van der Waals surface area contributed by atoms with E-state index < -0.39 is 19.8 Å². The molecule has 0 fully saturated rings. The number of benzene rings is 1. The lowest BCUT2D eigenvalue weighted by Crippen LogP contribution is -2.32. The van der Waals surface area contributed by atoms with E-state index in [9.17, 15) is 9.90 Å². The van der Waals surface area contributed by atoms with E-state index in [-0.39, 0.29) is 12.3 Å². The van der Waals surface area contributed by atoms with Crippen LogP contribution in [0.1, 0.15) is 31.9 Å². The van der Waals surface area contributed by atoms with Gasteiger partial charge in [-0.1, -0.05) is 31.6 Å². The van der Waals surface area contributed by atoms with E-state index in [1.54, 1.807) is 32.9 Å². The Morgan fingerprint density at radius 3 is 2.45 bits per heavy atom. The maximum absolute atomic E-state index is 11.6. The zero-order valence-electron chi connectivity index (χ0n) is 14.2. The molecule has 0 aliphatic heterocycles. The highest BCUT2D eigenvalue weighted by Crippen LogP contribution is 2.18. The molecule has 0 unspecified atom stereocenters. The third kappa shape index (κ3) is 7.18. The van der Waals surface area contributed by atoms with Crippen molar-refractivity contribution in [2.45, 2.75) is 52.6 Å². The Labute approximate surface area is 133 Å². The average molecular weight is 319 g/mol. The van der Waals surface area contributed by atoms with E-state index >= 15 is 0 Å². The average Bonchev–Trinajstić information content (AvgIpc) is 2.32. The Hall–Kier alpha value is -1.93. The lowest BCUT2D eigenvalue weighted by atomic mass is 10.1. The molecular weight excluding hydrogens is 294 g/mol. The number of alkyl carbamates (subject to hydrolysis) is 1. The molecule has 0 aliphatic rings. The molecule has 2 N–H and O–H groups in total. The molecule has 0 atom stereocenters. The molecule has 22 heavy (non-hydrogen) atoms. The number of amides is 1. The summed E-state index contributed by atoms with van der Waals surface area (Å²) in [7, 11) is -1.44. The lowest BCUT2D eigenvalue weighted by molar-refractivity contribution is 0.0523. The topological polar surface area (TPSA) is 58.6 Å². The Kier molecular flexibility index (Phi) is 5.67. The number of phenols is 1. The van der Waals surface area contributed by atoms with Gasteiger partial charge < -0.3 is 15.2 Å². The highest BCUT2D eigenvalue weighted by atomic mass is 28.3. The maximum atomic E-state index is 11.6. The molecule has 1 aromatic rings. The van der Waals surface area contributed by atoms with Crippen molar-refractivity contribution in [3.05, 3.63) is 29.3 Å². The van der Waals surface area contributed by atoms with Crippen molar-refractivity contribution >= 4 is 14.2 Å². The Morgan fingerprint density at radius 2 is 1.95 bits per heavy atom. The van der Waals surface area contributed by atoms with Crippen molar-refractivity contribution < 1.29 is 14.6 Å². The summed E-state index contributed by atoms with van der Waals surface area (Å²) < 4.78 is 5.15. The van der Waals surface area contributed by atoms with Gasteiger partial charge in [0.25, 0.3) is 0 Å². The number of ether oxygens (including phenoxy) is 1. The Morgan fingerprint density at radius 1 is 1.32 bits per heavy atom. The third-order valence-electron chi connectivity index (χ3n) is 2.49. The van der Waals surface area contributed by atoms with E-state index in [0.717, 1.165) is 5.56 Å². The lowest BCUT2D eigenvalue weighted by Gasteiger charge is -2.19. The minimum atomic E-state index is -1.44. The van der Waals surface area contributed by atoms with Gasteiger partial charge >= 0.3 is 6.09 Å². The molecule has 120 valence electrons.